The summed E-state index contributed by atoms with van der Waals surface area (Å²) in [7, 11) is 3.57. The summed E-state index contributed by atoms with van der Waals surface area (Å²) in [5.74, 6) is 0.802. The quantitative estimate of drug-likeness (QED) is 0.208. The molecule has 0 amide bonds. The zero-order valence-corrected chi connectivity index (χ0v) is 24.1. The normalized spacial score (nSPS) is 11.9. The van der Waals surface area contributed by atoms with Crippen molar-refractivity contribution in [1.82, 2.24) is 18.7 Å². The van der Waals surface area contributed by atoms with Crippen LogP contribution < -0.4 is 16.0 Å². The van der Waals surface area contributed by atoms with Crippen molar-refractivity contribution in [1.29, 1.82) is 0 Å². The van der Waals surface area contributed by atoms with Crippen molar-refractivity contribution in [2.45, 2.75) is 45.6 Å². The third-order valence-electron chi connectivity index (χ3n) is 6.17. The highest BCUT2D eigenvalue weighted by molar-refractivity contribution is 7.13. The summed E-state index contributed by atoms with van der Waals surface area (Å²) in [4.78, 5) is 30.5. The highest BCUT2D eigenvalue weighted by Crippen LogP contribution is 2.31. The maximum atomic E-state index is 13.2. The monoisotopic (exact) mass is 542 g/mol. The molecule has 0 aliphatic carbocycles. The van der Waals surface area contributed by atoms with Gasteiger partial charge in [0.15, 0.2) is 0 Å². The smallest absolute Gasteiger partial charge is 0.330 e. The molecule has 0 bridgehead atoms. The molecular formula is C26H34N4O5SSi. The highest BCUT2D eigenvalue weighted by Gasteiger charge is 2.22. The summed E-state index contributed by atoms with van der Waals surface area (Å²) >= 11 is 1.44. The summed E-state index contributed by atoms with van der Waals surface area (Å²) in [6, 6.07) is 8.77. The number of aryl methyl sites for hydroxylation is 1. The fraction of sp³-hybridized carbons (Fsp3) is 0.423. The van der Waals surface area contributed by atoms with Crippen molar-refractivity contribution in [3.05, 3.63) is 67.9 Å². The Hall–Kier alpha value is -2.99. The van der Waals surface area contributed by atoms with Crippen molar-refractivity contribution in [2.75, 3.05) is 13.7 Å². The number of aromatic nitrogens is 4. The molecule has 0 saturated heterocycles. The lowest BCUT2D eigenvalue weighted by molar-refractivity contribution is 0.0887. The summed E-state index contributed by atoms with van der Waals surface area (Å²) < 4.78 is 21.6. The molecule has 0 fully saturated rings. The Labute approximate surface area is 220 Å². The molecule has 0 unspecified atom stereocenters. The number of methoxy groups -OCH3 is 1. The van der Waals surface area contributed by atoms with Gasteiger partial charge in [-0.1, -0.05) is 31.8 Å². The number of rotatable bonds is 11. The predicted octanol–water partition coefficient (Wildman–Crippen LogP) is 4.20. The van der Waals surface area contributed by atoms with E-state index in [0.717, 1.165) is 27.6 Å². The Morgan fingerprint density at radius 1 is 1.00 bits per heavy atom. The van der Waals surface area contributed by atoms with E-state index in [1.807, 2.05) is 40.4 Å². The molecule has 1 aromatic carbocycles. The number of thiazole rings is 1. The van der Waals surface area contributed by atoms with Crippen molar-refractivity contribution in [3.8, 4) is 16.5 Å². The highest BCUT2D eigenvalue weighted by atomic mass is 32.1. The van der Waals surface area contributed by atoms with Crippen LogP contribution in [-0.4, -0.2) is 40.5 Å². The second-order valence-electron chi connectivity index (χ2n) is 10.2. The van der Waals surface area contributed by atoms with Gasteiger partial charge < -0.3 is 18.8 Å². The first-order valence-corrected chi connectivity index (χ1v) is 16.7. The predicted molar refractivity (Wildman–Crippen MR) is 149 cm³/mol. The number of fused-ring (bicyclic) bond motifs is 1. The molecule has 9 nitrogen and oxygen atoms in total. The van der Waals surface area contributed by atoms with Gasteiger partial charge in [-0.05, 0) is 23.7 Å². The standard InChI is InChI=1S/C26H34N4O5SSi/c1-28-21-13-30(17-34-11-12-37(4,5)6)23(22(21)25(31)29(2)26(28)32)24-27-19(16-36-24)15-35-14-18-7-9-20(33-3)10-8-18/h7-10,13,16H,11-12,14-15,17H2,1-6H3. The van der Waals surface area contributed by atoms with Crippen LogP contribution in [0.3, 0.4) is 0 Å². The molecule has 0 radical (unpaired) electrons. The second kappa shape index (κ2) is 11.2. The maximum absolute atomic E-state index is 13.2. The minimum atomic E-state index is -1.24. The van der Waals surface area contributed by atoms with Gasteiger partial charge in [-0.3, -0.25) is 13.9 Å². The van der Waals surface area contributed by atoms with Crippen LogP contribution in [0.15, 0.2) is 45.4 Å². The van der Waals surface area contributed by atoms with Gasteiger partial charge in [0.1, 0.15) is 17.5 Å². The number of benzene rings is 1. The Morgan fingerprint density at radius 3 is 2.41 bits per heavy atom. The summed E-state index contributed by atoms with van der Waals surface area (Å²) in [5, 5.41) is 3.08. The Kier molecular flexibility index (Phi) is 8.17. The van der Waals surface area contributed by atoms with E-state index in [-0.39, 0.29) is 18.0 Å². The van der Waals surface area contributed by atoms with Gasteiger partial charge in [0.05, 0.1) is 42.6 Å². The van der Waals surface area contributed by atoms with E-state index in [1.54, 1.807) is 14.2 Å². The number of hydrogen-bond donors (Lipinski definition) is 0. The fourth-order valence-electron chi connectivity index (χ4n) is 3.94. The van der Waals surface area contributed by atoms with E-state index >= 15 is 0 Å². The van der Waals surface area contributed by atoms with Crippen LogP contribution in [0, 0.1) is 0 Å². The molecule has 0 N–H and O–H groups in total. The minimum absolute atomic E-state index is 0.273. The molecule has 4 rings (SSSR count). The van der Waals surface area contributed by atoms with Gasteiger partial charge in [0.2, 0.25) is 0 Å². The molecule has 11 heteroatoms. The number of nitrogens with zero attached hydrogens (tertiary/aromatic N) is 4. The molecule has 3 aromatic heterocycles. The molecule has 4 aromatic rings. The van der Waals surface area contributed by atoms with Gasteiger partial charge in [0, 0.05) is 40.4 Å². The van der Waals surface area contributed by atoms with Crippen LogP contribution in [0.2, 0.25) is 25.7 Å². The van der Waals surface area contributed by atoms with Gasteiger partial charge in [-0.25, -0.2) is 9.78 Å². The van der Waals surface area contributed by atoms with E-state index in [4.69, 9.17) is 19.2 Å². The molecular weight excluding hydrogens is 508 g/mol. The average molecular weight is 543 g/mol. The summed E-state index contributed by atoms with van der Waals surface area (Å²) in [6.07, 6.45) is 1.81. The first-order valence-electron chi connectivity index (χ1n) is 12.1. The van der Waals surface area contributed by atoms with Crippen LogP contribution in [0.4, 0.5) is 0 Å². The lowest BCUT2D eigenvalue weighted by atomic mass is 10.2. The summed E-state index contributed by atoms with van der Waals surface area (Å²) in [6.45, 7) is 8.61. The molecule has 0 aliphatic heterocycles. The van der Waals surface area contributed by atoms with E-state index < -0.39 is 8.07 Å². The van der Waals surface area contributed by atoms with Crippen LogP contribution in [0.25, 0.3) is 21.6 Å². The SMILES string of the molecule is COc1ccc(COCc2csc(-c3c4c(=O)n(C)c(=O)n(C)c4cn3COCC[Si](C)(C)C)n2)cc1. The molecule has 0 saturated carbocycles. The third kappa shape index (κ3) is 6.12. The first-order chi connectivity index (χ1) is 17.6. The zero-order valence-electron chi connectivity index (χ0n) is 22.2. The van der Waals surface area contributed by atoms with Gasteiger partial charge in [-0.15, -0.1) is 11.3 Å². The lowest BCUT2D eigenvalue weighted by Gasteiger charge is -2.16. The zero-order chi connectivity index (χ0) is 26.7. The molecule has 0 atom stereocenters. The van der Waals surface area contributed by atoms with Gasteiger partial charge >= 0.3 is 5.69 Å². The van der Waals surface area contributed by atoms with E-state index in [0.29, 0.717) is 41.4 Å². The first kappa shape index (κ1) is 27.1. The molecule has 198 valence electrons. The van der Waals surface area contributed by atoms with E-state index in [9.17, 15) is 9.59 Å². The number of hydrogen-bond acceptors (Lipinski definition) is 7. The Balaban J connectivity index is 1.60. The van der Waals surface area contributed by atoms with E-state index in [2.05, 4.69) is 19.6 Å². The summed E-state index contributed by atoms with van der Waals surface area (Å²) in [5.41, 5.74) is 2.32. The Bertz CT molecular complexity index is 1490. The molecule has 0 aliphatic rings. The fourth-order valence-corrected chi connectivity index (χ4v) is 5.57. The van der Waals surface area contributed by atoms with Gasteiger partial charge in [0.25, 0.3) is 5.56 Å². The largest absolute Gasteiger partial charge is 0.497 e. The second-order valence-corrected chi connectivity index (χ2v) is 16.7. The lowest BCUT2D eigenvalue weighted by Crippen LogP contribution is -2.36. The maximum Gasteiger partial charge on any atom is 0.330 e. The Morgan fingerprint density at radius 2 is 1.73 bits per heavy atom. The van der Waals surface area contributed by atoms with Crippen LogP contribution in [0.5, 0.6) is 5.75 Å². The van der Waals surface area contributed by atoms with Gasteiger partial charge in [-0.2, -0.15) is 0 Å². The number of ether oxygens (including phenoxy) is 3. The van der Waals surface area contributed by atoms with Crippen LogP contribution in [-0.2, 0) is 43.5 Å². The minimum Gasteiger partial charge on any atom is -0.497 e. The average Bonchev–Trinajstić information content (AvgIpc) is 3.48. The van der Waals surface area contributed by atoms with E-state index in [1.165, 1.54) is 23.0 Å². The molecule has 3 heterocycles. The van der Waals surface area contributed by atoms with Crippen molar-refractivity contribution < 1.29 is 14.2 Å². The van der Waals surface area contributed by atoms with Crippen molar-refractivity contribution >= 4 is 30.3 Å². The van der Waals surface area contributed by atoms with Crippen molar-refractivity contribution in [3.63, 3.8) is 0 Å². The molecule has 0 spiro atoms. The van der Waals surface area contributed by atoms with Crippen molar-refractivity contribution in [2.24, 2.45) is 14.1 Å². The third-order valence-corrected chi connectivity index (χ3v) is 8.77. The van der Waals surface area contributed by atoms with Crippen LogP contribution >= 0.6 is 11.3 Å². The topological polar surface area (TPSA) is 89.5 Å². The molecule has 37 heavy (non-hydrogen) atoms. The van der Waals surface area contributed by atoms with Crippen LogP contribution in [0.1, 0.15) is 11.3 Å².